The van der Waals surface area contributed by atoms with E-state index in [2.05, 4.69) is 26.2 Å². The molecular formula is C19H32FN7O3. The fourth-order valence-electron chi connectivity index (χ4n) is 4.81. The molecule has 4 aliphatic rings. The molecule has 3 fully saturated rings. The van der Waals surface area contributed by atoms with E-state index in [-0.39, 0.29) is 36.4 Å². The molecule has 3 heterocycles. The van der Waals surface area contributed by atoms with Crippen molar-refractivity contribution in [3.05, 3.63) is 0 Å². The van der Waals surface area contributed by atoms with Crippen LogP contribution in [0.4, 0.5) is 4.39 Å². The zero-order valence-electron chi connectivity index (χ0n) is 17.2. The average Bonchev–Trinajstić information content (AvgIpc) is 3.17. The molecule has 1 amide bonds. The number of halogens is 1. The van der Waals surface area contributed by atoms with Gasteiger partial charge in [-0.05, 0) is 31.6 Å². The molecule has 8 atom stereocenters. The lowest BCUT2D eigenvalue weighted by molar-refractivity contribution is -0.133. The van der Waals surface area contributed by atoms with Gasteiger partial charge in [0.2, 0.25) is 5.91 Å². The van der Waals surface area contributed by atoms with Crippen molar-refractivity contribution in [2.75, 3.05) is 26.8 Å². The first-order valence-electron chi connectivity index (χ1n) is 10.7. The second-order valence-corrected chi connectivity index (χ2v) is 8.75. The molecule has 168 valence electrons. The molecule has 0 aromatic rings. The first kappa shape index (κ1) is 21.6. The van der Waals surface area contributed by atoms with E-state index in [1.54, 1.807) is 11.9 Å². The SMILES string of the molecule is CN(CC1CC(F)CCC1N)C(=O)C1NNC2=NC=NC(N[C@@H]3CCOC[C@H]3O)C21. The van der Waals surface area contributed by atoms with Gasteiger partial charge >= 0.3 is 0 Å². The number of alkyl halides is 1. The number of rotatable bonds is 5. The minimum atomic E-state index is -0.851. The minimum absolute atomic E-state index is 0.0547. The van der Waals surface area contributed by atoms with Crippen LogP contribution in [0.25, 0.3) is 0 Å². The van der Waals surface area contributed by atoms with Gasteiger partial charge in [0.25, 0.3) is 0 Å². The van der Waals surface area contributed by atoms with Crippen LogP contribution in [0.5, 0.6) is 0 Å². The Bertz CT molecular complexity index is 693. The topological polar surface area (TPSA) is 137 Å². The third-order valence-corrected chi connectivity index (χ3v) is 6.63. The zero-order chi connectivity index (χ0) is 21.3. The van der Waals surface area contributed by atoms with E-state index in [1.165, 1.54) is 6.34 Å². The van der Waals surface area contributed by atoms with Crippen LogP contribution in [0, 0.1) is 11.8 Å². The van der Waals surface area contributed by atoms with Crippen LogP contribution in [0.2, 0.25) is 0 Å². The fraction of sp³-hybridized carbons (Fsp3) is 0.842. The van der Waals surface area contributed by atoms with Crippen LogP contribution in [-0.2, 0) is 9.53 Å². The molecule has 10 nitrogen and oxygen atoms in total. The fourth-order valence-corrected chi connectivity index (χ4v) is 4.81. The normalized spacial score (nSPS) is 41.0. The van der Waals surface area contributed by atoms with Gasteiger partial charge in [0.1, 0.15) is 30.6 Å². The molecule has 0 radical (unpaired) electrons. The minimum Gasteiger partial charge on any atom is -0.389 e. The lowest BCUT2D eigenvalue weighted by Gasteiger charge is -2.36. The Hall–Kier alpha value is -1.66. The maximum absolute atomic E-state index is 13.8. The Kier molecular flexibility index (Phi) is 6.63. The van der Waals surface area contributed by atoms with Crippen molar-refractivity contribution in [1.82, 2.24) is 21.1 Å². The Morgan fingerprint density at radius 2 is 2.30 bits per heavy atom. The van der Waals surface area contributed by atoms with E-state index >= 15 is 0 Å². The summed E-state index contributed by atoms with van der Waals surface area (Å²) in [5.74, 6) is 0.117. The molecule has 4 rings (SSSR count). The largest absolute Gasteiger partial charge is 0.389 e. The maximum Gasteiger partial charge on any atom is 0.242 e. The molecule has 3 aliphatic heterocycles. The number of hydrogen-bond acceptors (Lipinski definition) is 9. The van der Waals surface area contributed by atoms with Gasteiger partial charge in [-0.3, -0.25) is 15.1 Å². The van der Waals surface area contributed by atoms with Crippen LogP contribution in [0.3, 0.4) is 0 Å². The van der Waals surface area contributed by atoms with E-state index in [0.29, 0.717) is 44.7 Å². The summed E-state index contributed by atoms with van der Waals surface area (Å²) in [5, 5.41) is 13.6. The highest BCUT2D eigenvalue weighted by molar-refractivity contribution is 5.99. The molecule has 2 saturated heterocycles. The number of hydrazine groups is 1. The van der Waals surface area contributed by atoms with Gasteiger partial charge in [0.05, 0.1) is 18.6 Å². The molecule has 1 saturated carbocycles. The number of nitrogens with zero attached hydrogens (tertiary/aromatic N) is 3. The third-order valence-electron chi connectivity index (χ3n) is 6.63. The molecule has 0 aromatic heterocycles. The summed E-state index contributed by atoms with van der Waals surface area (Å²) in [7, 11) is 1.73. The van der Waals surface area contributed by atoms with Gasteiger partial charge in [0.15, 0.2) is 0 Å². The van der Waals surface area contributed by atoms with Crippen molar-refractivity contribution in [3.8, 4) is 0 Å². The highest BCUT2D eigenvalue weighted by atomic mass is 19.1. The molecule has 30 heavy (non-hydrogen) atoms. The smallest absolute Gasteiger partial charge is 0.242 e. The number of nitrogens with two attached hydrogens (primary N) is 1. The Morgan fingerprint density at radius 1 is 1.47 bits per heavy atom. The Morgan fingerprint density at radius 3 is 3.10 bits per heavy atom. The third kappa shape index (κ3) is 4.50. The van der Waals surface area contributed by atoms with Gasteiger partial charge in [0, 0.05) is 32.3 Å². The maximum atomic E-state index is 13.8. The van der Waals surface area contributed by atoms with Crippen LogP contribution in [0.1, 0.15) is 25.7 Å². The molecule has 1 aliphatic carbocycles. The van der Waals surface area contributed by atoms with Gasteiger partial charge in [-0.2, -0.15) is 0 Å². The summed E-state index contributed by atoms with van der Waals surface area (Å²) in [6.45, 7) is 1.26. The highest BCUT2D eigenvalue weighted by Gasteiger charge is 2.46. The van der Waals surface area contributed by atoms with Crippen LogP contribution >= 0.6 is 0 Å². The summed E-state index contributed by atoms with van der Waals surface area (Å²) in [6.07, 6.45) is 1.76. The monoisotopic (exact) mass is 425 g/mol. The number of amides is 1. The number of ether oxygens (including phenoxy) is 1. The predicted molar refractivity (Wildman–Crippen MR) is 109 cm³/mol. The number of aliphatic imine (C=N–C) groups is 2. The van der Waals surface area contributed by atoms with Crippen molar-refractivity contribution in [3.63, 3.8) is 0 Å². The molecule has 0 bridgehead atoms. The van der Waals surface area contributed by atoms with E-state index in [9.17, 15) is 14.3 Å². The highest BCUT2D eigenvalue weighted by Crippen LogP contribution is 2.27. The first-order valence-corrected chi connectivity index (χ1v) is 10.7. The number of carbonyl (C=O) groups excluding carboxylic acids is 1. The quantitative estimate of drug-likeness (QED) is 0.362. The molecule has 0 spiro atoms. The van der Waals surface area contributed by atoms with E-state index in [4.69, 9.17) is 10.5 Å². The number of nitrogens with one attached hydrogen (secondary N) is 3. The van der Waals surface area contributed by atoms with Crippen LogP contribution < -0.4 is 21.9 Å². The lowest BCUT2D eigenvalue weighted by atomic mass is 9.83. The second kappa shape index (κ2) is 9.23. The first-order chi connectivity index (χ1) is 14.4. The average molecular weight is 426 g/mol. The lowest BCUT2D eigenvalue weighted by Crippen LogP contribution is -2.57. The van der Waals surface area contributed by atoms with Crippen molar-refractivity contribution in [1.29, 1.82) is 0 Å². The van der Waals surface area contributed by atoms with Crippen LogP contribution in [-0.4, -0.2) is 91.5 Å². The Labute approximate surface area is 175 Å². The number of likely N-dealkylation sites (N-methyl/N-ethyl adjacent to an activating group) is 1. The van der Waals surface area contributed by atoms with Gasteiger partial charge < -0.3 is 25.9 Å². The standard InChI is InChI=1S/C19H32FN7O3/c1-27(7-10-6-11(20)2-3-12(10)21)19(29)16-15-17(22-9-23-18(15)26-25-16)24-13-4-5-30-8-14(13)28/h9-17,24-25,28H,2-8,21H2,1H3,(H,22,23,26)/t10?,11?,12?,13-,14-,15?,16?,17?/m1/s1. The molecule has 11 heteroatoms. The van der Waals surface area contributed by atoms with Crippen molar-refractivity contribution in [2.45, 2.75) is 62.3 Å². The second-order valence-electron chi connectivity index (χ2n) is 8.75. The number of aliphatic hydroxyl groups is 1. The van der Waals surface area contributed by atoms with E-state index in [0.717, 1.165) is 0 Å². The van der Waals surface area contributed by atoms with Crippen molar-refractivity contribution in [2.24, 2.45) is 27.6 Å². The molecular weight excluding hydrogens is 393 g/mol. The molecule has 0 aromatic carbocycles. The van der Waals surface area contributed by atoms with Crippen molar-refractivity contribution < 1.29 is 19.0 Å². The van der Waals surface area contributed by atoms with Crippen molar-refractivity contribution >= 4 is 18.1 Å². The van der Waals surface area contributed by atoms with E-state index < -0.39 is 24.5 Å². The molecule has 6 unspecified atom stereocenters. The van der Waals surface area contributed by atoms with Gasteiger partial charge in [-0.15, -0.1) is 0 Å². The summed E-state index contributed by atoms with van der Waals surface area (Å²) >= 11 is 0. The number of aliphatic hydroxyl groups excluding tert-OH is 1. The molecule has 6 N–H and O–H groups in total. The van der Waals surface area contributed by atoms with Crippen LogP contribution in [0.15, 0.2) is 9.98 Å². The summed E-state index contributed by atoms with van der Waals surface area (Å²) in [4.78, 5) is 23.6. The Balaban J connectivity index is 1.42. The number of hydrogen-bond donors (Lipinski definition) is 5. The van der Waals surface area contributed by atoms with Gasteiger partial charge in [-0.1, -0.05) is 0 Å². The summed E-state index contributed by atoms with van der Waals surface area (Å²) in [5.41, 5.74) is 12.2. The van der Waals surface area contributed by atoms with E-state index in [1.807, 2.05) is 0 Å². The number of fused-ring (bicyclic) bond motifs is 1. The predicted octanol–water partition coefficient (Wildman–Crippen LogP) is -1.49. The van der Waals surface area contributed by atoms with Gasteiger partial charge in [-0.25, -0.2) is 14.8 Å². The summed E-state index contributed by atoms with van der Waals surface area (Å²) < 4.78 is 19.1. The number of carbonyl (C=O) groups is 1. The number of amidine groups is 1. The zero-order valence-corrected chi connectivity index (χ0v) is 17.2. The summed E-state index contributed by atoms with van der Waals surface area (Å²) in [6, 6.07) is -0.847.